The van der Waals surface area contributed by atoms with E-state index < -0.39 is 0 Å². The van der Waals surface area contributed by atoms with Crippen LogP contribution in [0.4, 0.5) is 0 Å². The van der Waals surface area contributed by atoms with Gasteiger partial charge >= 0.3 is 0 Å². The summed E-state index contributed by atoms with van der Waals surface area (Å²) in [5.41, 5.74) is 1.16. The zero-order valence-electron chi connectivity index (χ0n) is 9.85. The van der Waals surface area contributed by atoms with E-state index in [4.69, 9.17) is 5.11 Å². The van der Waals surface area contributed by atoms with Gasteiger partial charge in [-0.3, -0.25) is 0 Å². The molecule has 3 nitrogen and oxygen atoms in total. The lowest BCUT2D eigenvalue weighted by molar-refractivity contribution is 0.187. The summed E-state index contributed by atoms with van der Waals surface area (Å²) in [6, 6.07) is 0. The summed E-state index contributed by atoms with van der Waals surface area (Å²) >= 11 is 1.81. The van der Waals surface area contributed by atoms with E-state index in [2.05, 4.69) is 22.2 Å². The second-order valence-corrected chi connectivity index (χ2v) is 5.41. The highest BCUT2D eigenvalue weighted by Gasteiger charge is 2.22. The van der Waals surface area contributed by atoms with Crippen molar-refractivity contribution in [3.8, 4) is 0 Å². The van der Waals surface area contributed by atoms with E-state index in [9.17, 15) is 0 Å². The van der Waals surface area contributed by atoms with Crippen molar-refractivity contribution in [1.29, 1.82) is 0 Å². The summed E-state index contributed by atoms with van der Waals surface area (Å²) < 4.78 is 0. The molecule has 0 atom stereocenters. The molecule has 0 aliphatic carbocycles. The number of rotatable bonds is 4. The number of aryl methyl sites for hydroxylation is 1. The zero-order chi connectivity index (χ0) is 11.4. The van der Waals surface area contributed by atoms with Crippen molar-refractivity contribution >= 4 is 11.3 Å². The van der Waals surface area contributed by atoms with Crippen molar-refractivity contribution in [3.63, 3.8) is 0 Å². The summed E-state index contributed by atoms with van der Waals surface area (Å²) in [6.07, 6.45) is 3.35. The number of hydrogen-bond donors (Lipinski definition) is 1. The molecule has 0 amide bonds. The number of thiazole rings is 1. The predicted molar refractivity (Wildman–Crippen MR) is 67.0 cm³/mol. The molecule has 1 fully saturated rings. The molecule has 0 spiro atoms. The van der Waals surface area contributed by atoms with Crippen LogP contribution in [0.2, 0.25) is 0 Å². The number of piperidine rings is 1. The second kappa shape index (κ2) is 5.75. The summed E-state index contributed by atoms with van der Waals surface area (Å²) in [5, 5.41) is 12.3. The standard InChI is InChI=1S/C12H20N2OS/c1-10-9-16-12(13-10)11-3-6-14(7-4-11)5-2-8-15/h9,11,15H,2-8H2,1H3. The Kier molecular flexibility index (Phi) is 4.32. The molecule has 0 unspecified atom stereocenters. The summed E-state index contributed by atoms with van der Waals surface area (Å²) in [7, 11) is 0. The van der Waals surface area contributed by atoms with Gasteiger partial charge in [0.1, 0.15) is 0 Å². The van der Waals surface area contributed by atoms with Crippen LogP contribution in [0.25, 0.3) is 0 Å². The van der Waals surface area contributed by atoms with E-state index in [0.717, 1.165) is 31.7 Å². The monoisotopic (exact) mass is 240 g/mol. The molecule has 4 heteroatoms. The first kappa shape index (κ1) is 12.0. The minimum Gasteiger partial charge on any atom is -0.396 e. The Morgan fingerprint density at radius 1 is 1.50 bits per heavy atom. The third-order valence-corrected chi connectivity index (χ3v) is 4.33. The van der Waals surface area contributed by atoms with Crippen molar-refractivity contribution in [3.05, 3.63) is 16.1 Å². The largest absolute Gasteiger partial charge is 0.396 e. The fourth-order valence-electron chi connectivity index (χ4n) is 2.26. The van der Waals surface area contributed by atoms with Crippen LogP contribution in [0.15, 0.2) is 5.38 Å². The molecule has 2 heterocycles. The SMILES string of the molecule is Cc1csc(C2CCN(CCCO)CC2)n1. The molecule has 1 aliphatic heterocycles. The second-order valence-electron chi connectivity index (χ2n) is 4.52. The maximum atomic E-state index is 8.79. The van der Waals surface area contributed by atoms with Crippen LogP contribution in [0.1, 0.15) is 35.9 Å². The number of nitrogens with zero attached hydrogens (tertiary/aromatic N) is 2. The first-order valence-corrected chi connectivity index (χ1v) is 6.93. The van der Waals surface area contributed by atoms with Crippen molar-refractivity contribution in [2.45, 2.75) is 32.1 Å². The average molecular weight is 240 g/mol. The molecule has 1 N–H and O–H groups in total. The third kappa shape index (κ3) is 3.03. The van der Waals surface area contributed by atoms with Crippen LogP contribution in [0.3, 0.4) is 0 Å². The predicted octanol–water partition coefficient (Wildman–Crippen LogP) is 2.01. The summed E-state index contributed by atoms with van der Waals surface area (Å²) in [6.45, 7) is 5.73. The number of aromatic nitrogens is 1. The summed E-state index contributed by atoms with van der Waals surface area (Å²) in [4.78, 5) is 7.03. The first-order chi connectivity index (χ1) is 7.79. The van der Waals surface area contributed by atoms with Gasteiger partial charge in [0, 0.05) is 30.1 Å². The molecule has 0 radical (unpaired) electrons. The van der Waals surface area contributed by atoms with Gasteiger partial charge in [0.15, 0.2) is 0 Å². The van der Waals surface area contributed by atoms with Gasteiger partial charge in [-0.05, 0) is 39.3 Å². The highest BCUT2D eigenvalue weighted by atomic mass is 32.1. The molecule has 1 aromatic heterocycles. The Morgan fingerprint density at radius 3 is 2.81 bits per heavy atom. The van der Waals surface area contributed by atoms with E-state index in [-0.39, 0.29) is 0 Å². The quantitative estimate of drug-likeness (QED) is 0.874. The third-order valence-electron chi connectivity index (χ3n) is 3.21. The summed E-state index contributed by atoms with van der Waals surface area (Å²) in [5.74, 6) is 0.670. The smallest absolute Gasteiger partial charge is 0.0960 e. The molecule has 90 valence electrons. The Hall–Kier alpha value is -0.450. The lowest BCUT2D eigenvalue weighted by Gasteiger charge is -2.30. The lowest BCUT2D eigenvalue weighted by atomic mass is 9.97. The molecule has 0 bridgehead atoms. The van der Waals surface area contributed by atoms with Crippen LogP contribution in [0.5, 0.6) is 0 Å². The molecular formula is C12H20N2OS. The van der Waals surface area contributed by atoms with E-state index >= 15 is 0 Å². The molecule has 1 saturated heterocycles. The van der Waals surface area contributed by atoms with E-state index in [1.165, 1.54) is 17.8 Å². The van der Waals surface area contributed by atoms with Crippen LogP contribution in [-0.4, -0.2) is 41.2 Å². The van der Waals surface area contributed by atoms with Gasteiger partial charge < -0.3 is 10.0 Å². The molecule has 16 heavy (non-hydrogen) atoms. The minimum absolute atomic E-state index is 0.311. The average Bonchev–Trinajstić information content (AvgIpc) is 2.74. The van der Waals surface area contributed by atoms with Gasteiger partial charge in [-0.2, -0.15) is 0 Å². The number of hydrogen-bond acceptors (Lipinski definition) is 4. The van der Waals surface area contributed by atoms with Gasteiger partial charge in [0.2, 0.25) is 0 Å². The Morgan fingerprint density at radius 2 is 2.25 bits per heavy atom. The van der Waals surface area contributed by atoms with E-state index in [1.807, 2.05) is 0 Å². The minimum atomic E-state index is 0.311. The fourth-order valence-corrected chi connectivity index (χ4v) is 3.23. The van der Waals surface area contributed by atoms with Gasteiger partial charge in [-0.15, -0.1) is 11.3 Å². The number of aliphatic hydroxyl groups is 1. The molecular weight excluding hydrogens is 220 g/mol. The van der Waals surface area contributed by atoms with Gasteiger partial charge in [-0.1, -0.05) is 0 Å². The Bertz CT molecular complexity index is 319. The highest BCUT2D eigenvalue weighted by Crippen LogP contribution is 2.30. The molecule has 0 aromatic carbocycles. The highest BCUT2D eigenvalue weighted by molar-refractivity contribution is 7.09. The molecule has 1 aromatic rings. The molecule has 2 rings (SSSR count). The van der Waals surface area contributed by atoms with Crippen molar-refractivity contribution < 1.29 is 5.11 Å². The van der Waals surface area contributed by atoms with Crippen LogP contribution >= 0.6 is 11.3 Å². The Labute approximate surface area is 101 Å². The normalized spacial score (nSPS) is 19.1. The van der Waals surface area contributed by atoms with E-state index in [1.54, 1.807) is 11.3 Å². The topological polar surface area (TPSA) is 36.4 Å². The van der Waals surface area contributed by atoms with E-state index in [0.29, 0.717) is 12.5 Å². The van der Waals surface area contributed by atoms with Crippen molar-refractivity contribution in [2.75, 3.05) is 26.2 Å². The first-order valence-electron chi connectivity index (χ1n) is 6.05. The van der Waals surface area contributed by atoms with Crippen LogP contribution in [-0.2, 0) is 0 Å². The molecule has 1 aliphatic rings. The fraction of sp³-hybridized carbons (Fsp3) is 0.750. The van der Waals surface area contributed by atoms with Gasteiger partial charge in [0.25, 0.3) is 0 Å². The zero-order valence-corrected chi connectivity index (χ0v) is 10.7. The maximum Gasteiger partial charge on any atom is 0.0960 e. The Balaban J connectivity index is 1.81. The maximum absolute atomic E-state index is 8.79. The van der Waals surface area contributed by atoms with Crippen LogP contribution < -0.4 is 0 Å². The van der Waals surface area contributed by atoms with Crippen LogP contribution in [0, 0.1) is 6.92 Å². The van der Waals surface area contributed by atoms with Crippen molar-refractivity contribution in [2.24, 2.45) is 0 Å². The molecule has 0 saturated carbocycles. The number of likely N-dealkylation sites (tertiary alicyclic amines) is 1. The lowest BCUT2D eigenvalue weighted by Crippen LogP contribution is -2.34. The van der Waals surface area contributed by atoms with Gasteiger partial charge in [-0.25, -0.2) is 4.98 Å². The van der Waals surface area contributed by atoms with Crippen molar-refractivity contribution in [1.82, 2.24) is 9.88 Å². The number of aliphatic hydroxyl groups excluding tert-OH is 1. The van der Waals surface area contributed by atoms with Gasteiger partial charge in [0.05, 0.1) is 5.01 Å².